The Kier molecular flexibility index (Phi) is 5.88. The van der Waals surface area contributed by atoms with Gasteiger partial charge in [0, 0.05) is 13.1 Å². The summed E-state index contributed by atoms with van der Waals surface area (Å²) >= 11 is 0. The van der Waals surface area contributed by atoms with Crippen molar-refractivity contribution in [3.05, 3.63) is 47.5 Å². The molecule has 1 aromatic rings. The molecule has 2 fully saturated rings. The molecule has 5 atom stereocenters. The van der Waals surface area contributed by atoms with Gasteiger partial charge in [-0.25, -0.2) is 4.79 Å². The van der Waals surface area contributed by atoms with Crippen LogP contribution >= 0.6 is 0 Å². The van der Waals surface area contributed by atoms with Gasteiger partial charge in [0.15, 0.2) is 0 Å². The first kappa shape index (κ1) is 19.7. The van der Waals surface area contributed by atoms with Crippen LogP contribution < -0.4 is 0 Å². The minimum Gasteiger partial charge on any atom is -0.430 e. The maximum atomic E-state index is 12.5. The molecule has 4 heteroatoms. The van der Waals surface area contributed by atoms with Crippen LogP contribution in [-0.2, 0) is 20.8 Å². The molecule has 1 saturated heterocycles. The fourth-order valence-corrected chi connectivity index (χ4v) is 5.14. The fourth-order valence-electron chi connectivity index (χ4n) is 5.14. The molecule has 0 bridgehead atoms. The SMILES string of the molecule is CC(C)[C@@H]1CC[C@@H](C)C[C@H]1O[C@@H]1OC(=O)C2=CCCN(Cc3ccccc3)[C@@H]21. The molecule has 4 rings (SSSR count). The van der Waals surface area contributed by atoms with Crippen LogP contribution in [0.5, 0.6) is 0 Å². The van der Waals surface area contributed by atoms with E-state index in [1.54, 1.807) is 0 Å². The third-order valence-corrected chi connectivity index (χ3v) is 6.71. The van der Waals surface area contributed by atoms with Crippen molar-refractivity contribution in [2.24, 2.45) is 17.8 Å². The maximum absolute atomic E-state index is 12.5. The number of fused-ring (bicyclic) bond motifs is 1. The maximum Gasteiger partial charge on any atom is 0.337 e. The Morgan fingerprint density at radius 1 is 1.21 bits per heavy atom. The summed E-state index contributed by atoms with van der Waals surface area (Å²) in [5.74, 6) is 1.59. The zero-order chi connectivity index (χ0) is 19.7. The molecule has 3 aliphatic rings. The van der Waals surface area contributed by atoms with Crippen molar-refractivity contribution < 1.29 is 14.3 Å². The number of carbonyl (C=O) groups is 1. The molecule has 152 valence electrons. The second-order valence-electron chi connectivity index (χ2n) is 9.12. The van der Waals surface area contributed by atoms with Gasteiger partial charge in [-0.1, -0.05) is 63.6 Å². The standard InChI is InChI=1S/C24H33NO3/c1-16(2)19-12-11-17(3)14-21(19)27-24-22-20(23(26)28-24)10-7-13-25(22)15-18-8-5-4-6-9-18/h4-6,8-10,16-17,19,21-22,24H,7,11-15H2,1-3H3/t17-,19+,21-,22+,24-/m1/s1. The van der Waals surface area contributed by atoms with E-state index in [0.717, 1.165) is 31.5 Å². The summed E-state index contributed by atoms with van der Waals surface area (Å²) in [5, 5.41) is 0. The van der Waals surface area contributed by atoms with Gasteiger partial charge in [0.1, 0.15) is 6.04 Å². The smallest absolute Gasteiger partial charge is 0.337 e. The van der Waals surface area contributed by atoms with Crippen molar-refractivity contribution in [1.29, 1.82) is 0 Å². The lowest BCUT2D eigenvalue weighted by Gasteiger charge is -2.40. The molecule has 1 saturated carbocycles. The third-order valence-electron chi connectivity index (χ3n) is 6.71. The van der Waals surface area contributed by atoms with E-state index in [2.05, 4.69) is 56.0 Å². The predicted octanol–water partition coefficient (Wildman–Crippen LogP) is 4.55. The lowest BCUT2D eigenvalue weighted by atomic mass is 9.75. The second kappa shape index (κ2) is 8.38. The normalized spacial score (nSPS) is 33.5. The topological polar surface area (TPSA) is 38.8 Å². The average molecular weight is 384 g/mol. The molecule has 28 heavy (non-hydrogen) atoms. The van der Waals surface area contributed by atoms with Gasteiger partial charge in [0.2, 0.25) is 6.29 Å². The van der Waals surface area contributed by atoms with Gasteiger partial charge in [-0.15, -0.1) is 0 Å². The summed E-state index contributed by atoms with van der Waals surface area (Å²) in [6.45, 7) is 8.61. The minimum absolute atomic E-state index is 0.0912. The first-order chi connectivity index (χ1) is 13.5. The first-order valence-corrected chi connectivity index (χ1v) is 10.9. The Morgan fingerprint density at radius 2 is 2.00 bits per heavy atom. The van der Waals surface area contributed by atoms with Crippen molar-refractivity contribution in [2.45, 2.75) is 71.4 Å². The zero-order valence-electron chi connectivity index (χ0n) is 17.3. The van der Waals surface area contributed by atoms with E-state index in [0.29, 0.717) is 17.8 Å². The Labute approximate surface area is 168 Å². The van der Waals surface area contributed by atoms with Crippen molar-refractivity contribution in [3.8, 4) is 0 Å². The van der Waals surface area contributed by atoms with Crippen molar-refractivity contribution in [2.75, 3.05) is 6.54 Å². The van der Waals surface area contributed by atoms with Gasteiger partial charge in [0.25, 0.3) is 0 Å². The second-order valence-corrected chi connectivity index (χ2v) is 9.12. The molecule has 1 aliphatic carbocycles. The van der Waals surface area contributed by atoms with E-state index in [1.165, 1.54) is 18.4 Å². The van der Waals surface area contributed by atoms with Gasteiger partial charge in [0.05, 0.1) is 11.7 Å². The molecule has 0 aromatic heterocycles. The molecule has 2 aliphatic heterocycles. The fraction of sp³-hybridized carbons (Fsp3) is 0.625. The first-order valence-electron chi connectivity index (χ1n) is 10.9. The van der Waals surface area contributed by atoms with Crippen LogP contribution in [0.3, 0.4) is 0 Å². The highest BCUT2D eigenvalue weighted by Crippen LogP contribution is 2.39. The summed E-state index contributed by atoms with van der Waals surface area (Å²) in [4.78, 5) is 14.9. The van der Waals surface area contributed by atoms with Crippen LogP contribution in [-0.4, -0.2) is 35.8 Å². The molecular weight excluding hydrogens is 350 g/mol. The van der Waals surface area contributed by atoms with E-state index < -0.39 is 6.29 Å². The van der Waals surface area contributed by atoms with Crippen molar-refractivity contribution >= 4 is 5.97 Å². The van der Waals surface area contributed by atoms with Crippen LogP contribution in [0.1, 0.15) is 52.0 Å². The number of rotatable bonds is 5. The predicted molar refractivity (Wildman–Crippen MR) is 109 cm³/mol. The summed E-state index contributed by atoms with van der Waals surface area (Å²) < 4.78 is 12.4. The molecule has 0 N–H and O–H groups in total. The van der Waals surface area contributed by atoms with Crippen LogP contribution in [0.2, 0.25) is 0 Å². The summed E-state index contributed by atoms with van der Waals surface area (Å²) in [6.07, 6.45) is 6.14. The van der Waals surface area contributed by atoms with E-state index in [9.17, 15) is 4.79 Å². The number of cyclic esters (lactones) is 1. The molecular formula is C24H33NO3. The van der Waals surface area contributed by atoms with E-state index in [-0.39, 0.29) is 18.1 Å². The molecule has 0 radical (unpaired) electrons. The largest absolute Gasteiger partial charge is 0.430 e. The summed E-state index contributed by atoms with van der Waals surface area (Å²) in [7, 11) is 0. The van der Waals surface area contributed by atoms with E-state index in [4.69, 9.17) is 9.47 Å². The number of hydrogen-bond acceptors (Lipinski definition) is 4. The van der Waals surface area contributed by atoms with Gasteiger partial charge < -0.3 is 9.47 Å². The van der Waals surface area contributed by atoms with Crippen LogP contribution in [0.25, 0.3) is 0 Å². The number of hydrogen-bond donors (Lipinski definition) is 0. The highest BCUT2D eigenvalue weighted by atomic mass is 16.7. The molecule has 1 aromatic carbocycles. The monoisotopic (exact) mass is 383 g/mol. The van der Waals surface area contributed by atoms with Crippen molar-refractivity contribution in [1.82, 2.24) is 4.90 Å². The Balaban J connectivity index is 1.53. The quantitative estimate of drug-likeness (QED) is 0.700. The highest BCUT2D eigenvalue weighted by Gasteiger charge is 2.47. The van der Waals surface area contributed by atoms with Gasteiger partial charge in [-0.2, -0.15) is 0 Å². The number of nitrogens with zero attached hydrogens (tertiary/aromatic N) is 1. The average Bonchev–Trinajstić information content (AvgIpc) is 2.99. The number of carbonyl (C=O) groups excluding carboxylic acids is 1. The number of esters is 1. The summed E-state index contributed by atoms with van der Waals surface area (Å²) in [6, 6.07) is 10.4. The highest BCUT2D eigenvalue weighted by molar-refractivity contribution is 5.92. The third kappa shape index (κ3) is 4.04. The molecule has 4 nitrogen and oxygen atoms in total. The molecule has 0 spiro atoms. The van der Waals surface area contributed by atoms with E-state index >= 15 is 0 Å². The zero-order valence-corrected chi connectivity index (χ0v) is 17.3. The molecule has 0 unspecified atom stereocenters. The molecule has 0 amide bonds. The van der Waals surface area contributed by atoms with Crippen LogP contribution in [0.4, 0.5) is 0 Å². The van der Waals surface area contributed by atoms with Gasteiger partial charge >= 0.3 is 5.97 Å². The Morgan fingerprint density at radius 3 is 2.75 bits per heavy atom. The van der Waals surface area contributed by atoms with Crippen molar-refractivity contribution in [3.63, 3.8) is 0 Å². The number of benzene rings is 1. The van der Waals surface area contributed by atoms with Crippen LogP contribution in [0.15, 0.2) is 42.0 Å². The van der Waals surface area contributed by atoms with Crippen LogP contribution in [0, 0.1) is 17.8 Å². The lowest BCUT2D eigenvalue weighted by molar-refractivity contribution is -0.198. The molecule has 2 heterocycles. The summed E-state index contributed by atoms with van der Waals surface area (Å²) in [5.41, 5.74) is 2.05. The Bertz CT molecular complexity index is 714. The number of ether oxygens (including phenoxy) is 2. The lowest BCUT2D eigenvalue weighted by Crippen LogP contribution is -2.47. The van der Waals surface area contributed by atoms with E-state index in [1.807, 2.05) is 6.07 Å². The Hall–Kier alpha value is -1.65. The van der Waals surface area contributed by atoms with Gasteiger partial charge in [-0.05, 0) is 42.6 Å². The minimum atomic E-state index is -0.487. The van der Waals surface area contributed by atoms with Gasteiger partial charge in [-0.3, -0.25) is 4.90 Å².